The third kappa shape index (κ3) is 18.6. The summed E-state index contributed by atoms with van der Waals surface area (Å²) in [4.78, 5) is 54.0. The standard InChI is InChI=1S/C33H52N5O7PS3/c1-33(2,3)21-29(39)37-22-28(36-24-37)13-14-34-31(41)27(23-49-32(47)48-7)20-26(19-25-11-9-8-10-12-25)30(40)35-15-17-44-46(42,43)45-18-16-38(4,5)6/h8-12,22,24,26-27H,13-21,23H2,1-7H3,(H2-,34,35,40,41,42,43)/p+1. The monoisotopic (exact) mass is 758 g/mol. The Morgan fingerprint density at radius 2 is 1.67 bits per heavy atom. The lowest BCUT2D eigenvalue weighted by atomic mass is 9.88. The van der Waals surface area contributed by atoms with E-state index in [4.69, 9.17) is 21.3 Å². The van der Waals surface area contributed by atoms with Crippen LogP contribution in [-0.2, 0) is 36.0 Å². The molecule has 49 heavy (non-hydrogen) atoms. The van der Waals surface area contributed by atoms with Crippen molar-refractivity contribution in [2.75, 3.05) is 66.0 Å². The van der Waals surface area contributed by atoms with Crippen molar-refractivity contribution < 1.29 is 37.4 Å². The molecule has 1 aromatic carbocycles. The number of carbonyl (C=O) groups is 3. The molecule has 1 aromatic heterocycles. The zero-order chi connectivity index (χ0) is 36.7. The molecular formula is C33H53N5O7PS3+. The molecule has 0 fully saturated rings. The molecule has 3 N–H and O–H groups in total. The van der Waals surface area contributed by atoms with E-state index in [1.807, 2.05) is 78.5 Å². The molecule has 2 rings (SSSR count). The van der Waals surface area contributed by atoms with Gasteiger partial charge in [0.25, 0.3) is 0 Å². The van der Waals surface area contributed by atoms with Crippen molar-refractivity contribution in [2.24, 2.45) is 17.3 Å². The minimum atomic E-state index is -4.27. The SMILES string of the molecule is CSC(=S)SCC(CC(Cc1ccccc1)C(=O)NCCOP(=O)(O)OCC[N+](C)(C)C)C(=O)NCCc1cn(C(=O)CC(C)(C)C)cn1. The van der Waals surface area contributed by atoms with Crippen LogP contribution in [0.4, 0.5) is 0 Å². The van der Waals surface area contributed by atoms with E-state index in [2.05, 4.69) is 15.6 Å². The smallest absolute Gasteiger partial charge is 0.355 e. The molecule has 0 aliphatic heterocycles. The van der Waals surface area contributed by atoms with E-state index < -0.39 is 19.7 Å². The highest BCUT2D eigenvalue weighted by Gasteiger charge is 2.29. The number of phosphoric acid groups is 1. The number of carbonyl (C=O) groups excluding carboxylic acids is 3. The van der Waals surface area contributed by atoms with E-state index in [0.717, 1.165) is 5.56 Å². The van der Waals surface area contributed by atoms with Crippen LogP contribution in [0.5, 0.6) is 0 Å². The minimum absolute atomic E-state index is 0.0134. The maximum atomic E-state index is 13.6. The quantitative estimate of drug-likeness (QED) is 0.0739. The lowest BCUT2D eigenvalue weighted by molar-refractivity contribution is -0.870. The van der Waals surface area contributed by atoms with E-state index >= 15 is 0 Å². The summed E-state index contributed by atoms with van der Waals surface area (Å²) >= 11 is 8.22. The number of benzene rings is 1. The van der Waals surface area contributed by atoms with Gasteiger partial charge in [-0.2, -0.15) is 0 Å². The maximum absolute atomic E-state index is 13.6. The number of thiocarbonyl (C=S) groups is 1. The van der Waals surface area contributed by atoms with Crippen LogP contribution in [0.1, 0.15) is 49.7 Å². The molecule has 3 atom stereocenters. The predicted octanol–water partition coefficient (Wildman–Crippen LogP) is 4.82. The van der Waals surface area contributed by atoms with E-state index in [1.54, 1.807) is 6.20 Å². The van der Waals surface area contributed by atoms with Gasteiger partial charge in [-0.3, -0.25) is 28.0 Å². The van der Waals surface area contributed by atoms with Crippen molar-refractivity contribution in [2.45, 2.75) is 46.5 Å². The number of likely N-dealkylation sites (N-methyl/N-ethyl adjacent to an activating group) is 1. The Labute approximate surface area is 305 Å². The number of hydrogen-bond acceptors (Lipinski definition) is 10. The molecule has 12 nitrogen and oxygen atoms in total. The number of nitrogens with zero attached hydrogens (tertiary/aromatic N) is 3. The Morgan fingerprint density at radius 1 is 1.04 bits per heavy atom. The number of aromatic nitrogens is 2. The summed E-state index contributed by atoms with van der Waals surface area (Å²) in [5, 5.41) is 5.80. The molecule has 2 aromatic rings. The highest BCUT2D eigenvalue weighted by atomic mass is 32.2. The fourth-order valence-corrected chi connectivity index (χ4v) is 6.80. The lowest BCUT2D eigenvalue weighted by Gasteiger charge is -2.24. The van der Waals surface area contributed by atoms with Crippen LogP contribution in [-0.4, -0.2) is 106 Å². The van der Waals surface area contributed by atoms with Crippen molar-refractivity contribution in [3.8, 4) is 0 Å². The molecule has 0 bridgehead atoms. The van der Waals surface area contributed by atoms with Crippen molar-refractivity contribution in [1.82, 2.24) is 20.2 Å². The zero-order valence-electron chi connectivity index (χ0n) is 29.7. The molecule has 0 saturated heterocycles. The number of imidazole rings is 1. The first-order valence-corrected chi connectivity index (χ1v) is 20.3. The Balaban J connectivity index is 2.06. The zero-order valence-corrected chi connectivity index (χ0v) is 33.0. The van der Waals surface area contributed by atoms with E-state index in [9.17, 15) is 23.8 Å². The molecule has 0 aliphatic rings. The van der Waals surface area contributed by atoms with Gasteiger partial charge in [0.15, 0.2) is 0 Å². The number of nitrogens with one attached hydrogen (secondary N) is 2. The van der Waals surface area contributed by atoms with E-state index in [0.29, 0.717) is 51.8 Å². The number of hydrogen-bond donors (Lipinski definition) is 3. The first-order valence-electron chi connectivity index (χ1n) is 16.2. The van der Waals surface area contributed by atoms with Crippen molar-refractivity contribution >= 4 is 64.8 Å². The summed E-state index contributed by atoms with van der Waals surface area (Å²) in [6.45, 7) is 6.64. The van der Waals surface area contributed by atoms with Gasteiger partial charge >= 0.3 is 7.82 Å². The number of thioether (sulfide) groups is 2. The third-order valence-corrected chi connectivity index (χ3v) is 11.0. The molecule has 0 spiro atoms. The topological polar surface area (TPSA) is 149 Å². The lowest BCUT2D eigenvalue weighted by Crippen LogP contribution is -2.39. The second-order valence-electron chi connectivity index (χ2n) is 14.0. The number of amides is 2. The van der Waals surface area contributed by atoms with Gasteiger partial charge < -0.3 is 20.0 Å². The Kier molecular flexibility index (Phi) is 18.2. The normalized spacial score (nSPS) is 14.4. The van der Waals surface area contributed by atoms with Crippen molar-refractivity contribution in [1.29, 1.82) is 0 Å². The first-order chi connectivity index (χ1) is 22.9. The number of rotatable bonds is 20. The van der Waals surface area contributed by atoms with Crippen LogP contribution < -0.4 is 10.6 Å². The van der Waals surface area contributed by atoms with Crippen LogP contribution in [0, 0.1) is 17.3 Å². The number of quaternary nitrogens is 1. The summed E-state index contributed by atoms with van der Waals surface area (Å²) in [7, 11) is 1.54. The van der Waals surface area contributed by atoms with Crippen LogP contribution in [0.25, 0.3) is 0 Å². The van der Waals surface area contributed by atoms with Gasteiger partial charge in [0.05, 0.1) is 33.4 Å². The Bertz CT molecular complexity index is 1410. The molecule has 274 valence electrons. The van der Waals surface area contributed by atoms with Crippen LogP contribution >= 0.6 is 43.6 Å². The van der Waals surface area contributed by atoms with E-state index in [1.165, 1.54) is 34.4 Å². The number of phosphoric ester groups is 1. The molecule has 0 saturated carbocycles. The highest BCUT2D eigenvalue weighted by Crippen LogP contribution is 2.42. The Hall–Kier alpha value is -2.10. The molecule has 0 aliphatic carbocycles. The van der Waals surface area contributed by atoms with Crippen LogP contribution in [0.15, 0.2) is 42.9 Å². The second kappa shape index (κ2) is 20.7. The molecule has 16 heteroatoms. The van der Waals surface area contributed by atoms with Gasteiger partial charge in [-0.05, 0) is 30.1 Å². The fourth-order valence-electron chi connectivity index (χ4n) is 4.58. The summed E-state index contributed by atoms with van der Waals surface area (Å²) in [6, 6.07) is 9.54. The van der Waals surface area contributed by atoms with Crippen LogP contribution in [0.3, 0.4) is 0 Å². The van der Waals surface area contributed by atoms with Gasteiger partial charge in [0.1, 0.15) is 23.0 Å². The summed E-state index contributed by atoms with van der Waals surface area (Å²) in [5.74, 6) is -1.27. The molecule has 3 unspecified atom stereocenters. The van der Waals surface area contributed by atoms with Crippen molar-refractivity contribution in [3.05, 3.63) is 54.1 Å². The van der Waals surface area contributed by atoms with E-state index in [-0.39, 0.29) is 49.3 Å². The Morgan fingerprint density at radius 3 is 2.31 bits per heavy atom. The molecule has 1 heterocycles. The summed E-state index contributed by atoms with van der Waals surface area (Å²) in [6.07, 6.45) is 6.54. The first kappa shape index (κ1) is 43.1. The summed E-state index contributed by atoms with van der Waals surface area (Å²) < 4.78 is 25.1. The molecule has 2 amide bonds. The predicted molar refractivity (Wildman–Crippen MR) is 202 cm³/mol. The molecular weight excluding hydrogens is 706 g/mol. The minimum Gasteiger partial charge on any atom is -0.355 e. The fraction of sp³-hybridized carbons (Fsp3) is 0.606. The second-order valence-corrected chi connectivity index (χ2v) is 18.5. The highest BCUT2D eigenvalue weighted by molar-refractivity contribution is 8.47. The average Bonchev–Trinajstić information content (AvgIpc) is 3.48. The summed E-state index contributed by atoms with van der Waals surface area (Å²) in [5.41, 5.74) is 1.48. The van der Waals surface area contributed by atoms with Gasteiger partial charge in [0.2, 0.25) is 17.7 Å². The third-order valence-electron chi connectivity index (χ3n) is 7.16. The van der Waals surface area contributed by atoms with Gasteiger partial charge in [0, 0.05) is 49.7 Å². The van der Waals surface area contributed by atoms with Crippen molar-refractivity contribution in [3.63, 3.8) is 0 Å². The molecule has 0 radical (unpaired) electrons. The van der Waals surface area contributed by atoms with Crippen LogP contribution in [0.2, 0.25) is 0 Å². The average molecular weight is 759 g/mol. The van der Waals surface area contributed by atoms with Gasteiger partial charge in [-0.15, -0.1) is 23.5 Å². The maximum Gasteiger partial charge on any atom is 0.472 e. The largest absolute Gasteiger partial charge is 0.472 e. The van der Waals surface area contributed by atoms with Gasteiger partial charge in [-0.1, -0.05) is 63.3 Å². The van der Waals surface area contributed by atoms with Gasteiger partial charge in [-0.25, -0.2) is 9.55 Å².